The minimum atomic E-state index is -0.609. The van der Waals surface area contributed by atoms with Crippen LogP contribution in [0, 0.1) is 0 Å². The first-order valence-electron chi connectivity index (χ1n) is 9.10. The lowest BCUT2D eigenvalue weighted by atomic mass is 10.00. The number of rotatable bonds is 4. The summed E-state index contributed by atoms with van der Waals surface area (Å²) in [5.41, 5.74) is 2.95. The molecule has 2 aliphatic heterocycles. The quantitative estimate of drug-likeness (QED) is 0.684. The van der Waals surface area contributed by atoms with Gasteiger partial charge in [-0.3, -0.25) is 24.7 Å². The smallest absolute Gasteiger partial charge is 0.262 e. The number of fused-ring (bicyclic) bond motifs is 3. The molecule has 0 spiro atoms. The van der Waals surface area contributed by atoms with E-state index >= 15 is 0 Å². The van der Waals surface area contributed by atoms with E-state index in [-0.39, 0.29) is 12.5 Å². The van der Waals surface area contributed by atoms with E-state index in [9.17, 15) is 4.79 Å². The van der Waals surface area contributed by atoms with Gasteiger partial charge in [-0.15, -0.1) is 0 Å². The van der Waals surface area contributed by atoms with Gasteiger partial charge in [0.25, 0.3) is 5.91 Å². The van der Waals surface area contributed by atoms with Crippen molar-refractivity contribution in [3.63, 3.8) is 0 Å². The number of hydrogen-bond donors (Lipinski definition) is 0. The number of anilines is 1. The molecule has 1 atom stereocenters. The highest BCUT2D eigenvalue weighted by Crippen LogP contribution is 2.33. The number of hydrogen-bond acceptors (Lipinski definition) is 4. The monoisotopic (exact) mass is 412 g/mol. The Kier molecular flexibility index (Phi) is 5.29. The van der Waals surface area contributed by atoms with Crippen molar-refractivity contribution in [2.24, 2.45) is 15.0 Å². The highest BCUT2D eigenvalue weighted by atomic mass is 35.5. The Morgan fingerprint density at radius 2 is 2.04 bits per heavy atom. The molecule has 142 valence electrons. The maximum atomic E-state index is 13.1. The molecule has 0 saturated carbocycles. The van der Waals surface area contributed by atoms with Crippen molar-refractivity contribution in [1.29, 1.82) is 0 Å². The fraction of sp³-hybridized carbons (Fsp3) is 0.238. The van der Waals surface area contributed by atoms with Gasteiger partial charge in [-0.1, -0.05) is 48.3 Å². The second-order valence-electron chi connectivity index (χ2n) is 6.53. The summed E-state index contributed by atoms with van der Waals surface area (Å²) in [6, 6.07) is 12.3. The van der Waals surface area contributed by atoms with E-state index in [2.05, 4.69) is 9.98 Å². The third-order valence-electron chi connectivity index (χ3n) is 4.58. The normalized spacial score (nSPS) is 18.6. The standard InChI is InChI=1S/C21H18Cl2N4O/c1-2-9-24-11-17-21(28)27-18-8-7-13(22)10-15(18)20(25-12-19(27)26-17)14-5-3-4-6-16(14)23/h3-8,10-11,17H,2,9,12H2,1H3. The van der Waals surface area contributed by atoms with Crippen LogP contribution in [0.4, 0.5) is 5.69 Å². The number of carbonyl (C=O) groups is 1. The number of halogens is 2. The summed E-state index contributed by atoms with van der Waals surface area (Å²) in [5, 5.41) is 1.15. The summed E-state index contributed by atoms with van der Waals surface area (Å²) in [6.45, 7) is 2.99. The highest BCUT2D eigenvalue weighted by molar-refractivity contribution is 6.38. The molecule has 2 aromatic rings. The molecule has 0 radical (unpaired) electrons. The zero-order valence-corrected chi connectivity index (χ0v) is 16.8. The molecule has 0 aromatic heterocycles. The molecule has 7 heteroatoms. The van der Waals surface area contributed by atoms with Gasteiger partial charge in [-0.05, 0) is 30.7 Å². The van der Waals surface area contributed by atoms with Crippen molar-refractivity contribution in [2.75, 3.05) is 18.0 Å². The number of nitrogens with zero attached hydrogens (tertiary/aromatic N) is 4. The van der Waals surface area contributed by atoms with Gasteiger partial charge in [0.2, 0.25) is 0 Å². The first kappa shape index (κ1) is 18.8. The van der Waals surface area contributed by atoms with E-state index in [1.54, 1.807) is 17.2 Å². The van der Waals surface area contributed by atoms with Crippen LogP contribution >= 0.6 is 23.2 Å². The molecule has 2 aromatic carbocycles. The predicted octanol–water partition coefficient (Wildman–Crippen LogP) is 4.44. The minimum absolute atomic E-state index is 0.131. The Balaban J connectivity index is 1.83. The summed E-state index contributed by atoms with van der Waals surface area (Å²) in [7, 11) is 0. The van der Waals surface area contributed by atoms with Crippen LogP contribution in [-0.2, 0) is 4.79 Å². The SMILES string of the molecule is CCCN=CC1N=C2CN=C(c3ccccc3Cl)c3cc(Cl)ccc3N2C1=O. The summed E-state index contributed by atoms with van der Waals surface area (Å²) in [6.07, 6.45) is 2.55. The lowest BCUT2D eigenvalue weighted by Crippen LogP contribution is -2.36. The summed E-state index contributed by atoms with van der Waals surface area (Å²) < 4.78 is 0. The lowest BCUT2D eigenvalue weighted by Gasteiger charge is -2.20. The van der Waals surface area contributed by atoms with Crippen LogP contribution in [0.3, 0.4) is 0 Å². The second kappa shape index (κ2) is 7.86. The van der Waals surface area contributed by atoms with Gasteiger partial charge in [-0.2, -0.15) is 0 Å². The number of carbonyl (C=O) groups excluding carboxylic acids is 1. The molecule has 28 heavy (non-hydrogen) atoms. The predicted molar refractivity (Wildman–Crippen MR) is 116 cm³/mol. The Labute approximate surface area is 173 Å². The number of amidine groups is 1. The van der Waals surface area contributed by atoms with Gasteiger partial charge in [0.1, 0.15) is 5.84 Å². The number of benzene rings is 2. The number of aliphatic imine (C=N–C) groups is 3. The molecule has 2 aliphatic rings. The van der Waals surface area contributed by atoms with Crippen LogP contribution in [0.15, 0.2) is 57.4 Å². The van der Waals surface area contributed by atoms with E-state index in [0.29, 0.717) is 33.8 Å². The van der Waals surface area contributed by atoms with Gasteiger partial charge in [-0.25, -0.2) is 0 Å². The molecule has 5 nitrogen and oxygen atoms in total. The van der Waals surface area contributed by atoms with Crippen molar-refractivity contribution in [2.45, 2.75) is 19.4 Å². The second-order valence-corrected chi connectivity index (χ2v) is 7.37. The summed E-state index contributed by atoms with van der Waals surface area (Å²) in [4.78, 5) is 28.3. The van der Waals surface area contributed by atoms with Crippen LogP contribution in [0.5, 0.6) is 0 Å². The molecule has 4 rings (SSSR count). The topological polar surface area (TPSA) is 57.4 Å². The van der Waals surface area contributed by atoms with Crippen molar-refractivity contribution >= 4 is 52.6 Å². The Bertz CT molecular complexity index is 1030. The van der Waals surface area contributed by atoms with Gasteiger partial charge >= 0.3 is 0 Å². The molecule has 2 heterocycles. The highest BCUT2D eigenvalue weighted by Gasteiger charge is 2.37. The Morgan fingerprint density at radius 1 is 1.21 bits per heavy atom. The van der Waals surface area contributed by atoms with E-state index < -0.39 is 6.04 Å². The van der Waals surface area contributed by atoms with E-state index in [4.69, 9.17) is 28.2 Å². The van der Waals surface area contributed by atoms with Crippen LogP contribution in [0.1, 0.15) is 24.5 Å². The van der Waals surface area contributed by atoms with E-state index in [1.165, 1.54) is 0 Å². The van der Waals surface area contributed by atoms with Crippen molar-refractivity contribution in [1.82, 2.24) is 0 Å². The summed E-state index contributed by atoms with van der Waals surface area (Å²) in [5.74, 6) is 0.470. The third-order valence-corrected chi connectivity index (χ3v) is 5.15. The molecular weight excluding hydrogens is 395 g/mol. The van der Waals surface area contributed by atoms with Gasteiger partial charge < -0.3 is 0 Å². The fourth-order valence-corrected chi connectivity index (χ4v) is 3.71. The average Bonchev–Trinajstić information content (AvgIpc) is 2.90. The van der Waals surface area contributed by atoms with Crippen molar-refractivity contribution < 1.29 is 4.79 Å². The number of amides is 1. The van der Waals surface area contributed by atoms with Crippen LogP contribution in [0.25, 0.3) is 0 Å². The zero-order chi connectivity index (χ0) is 19.7. The average molecular weight is 413 g/mol. The van der Waals surface area contributed by atoms with Gasteiger partial charge in [0.05, 0.1) is 17.9 Å². The molecule has 0 N–H and O–H groups in total. The Morgan fingerprint density at radius 3 is 2.82 bits per heavy atom. The van der Waals surface area contributed by atoms with Gasteiger partial charge in [0.15, 0.2) is 6.04 Å². The molecule has 0 aliphatic carbocycles. The molecular formula is C21H18Cl2N4O. The van der Waals surface area contributed by atoms with Crippen LogP contribution < -0.4 is 4.90 Å². The summed E-state index contributed by atoms with van der Waals surface area (Å²) >= 11 is 12.7. The first-order chi connectivity index (χ1) is 13.6. The lowest BCUT2D eigenvalue weighted by molar-refractivity contribution is -0.116. The third kappa shape index (κ3) is 3.36. The maximum absolute atomic E-state index is 13.1. The van der Waals surface area contributed by atoms with Crippen LogP contribution in [0.2, 0.25) is 10.0 Å². The largest absolute Gasteiger partial charge is 0.295 e. The maximum Gasteiger partial charge on any atom is 0.262 e. The molecule has 0 saturated heterocycles. The molecule has 0 bridgehead atoms. The minimum Gasteiger partial charge on any atom is -0.295 e. The van der Waals surface area contributed by atoms with Gasteiger partial charge in [0, 0.05) is 33.9 Å². The Hall–Kier alpha value is -2.50. The van der Waals surface area contributed by atoms with E-state index in [0.717, 1.165) is 17.5 Å². The van der Waals surface area contributed by atoms with Crippen molar-refractivity contribution in [3.8, 4) is 0 Å². The molecule has 0 fully saturated rings. The first-order valence-corrected chi connectivity index (χ1v) is 9.85. The van der Waals surface area contributed by atoms with Crippen molar-refractivity contribution in [3.05, 3.63) is 63.6 Å². The van der Waals surface area contributed by atoms with Crippen LogP contribution in [-0.4, -0.2) is 42.8 Å². The molecule has 1 amide bonds. The fourth-order valence-electron chi connectivity index (χ4n) is 3.31. The zero-order valence-electron chi connectivity index (χ0n) is 15.3. The molecule has 1 unspecified atom stereocenters. The van der Waals surface area contributed by atoms with E-state index in [1.807, 2.05) is 43.3 Å².